The molecule has 1 aliphatic heterocycles. The lowest BCUT2D eigenvalue weighted by Crippen LogP contribution is -2.39. The lowest BCUT2D eigenvalue weighted by Gasteiger charge is -2.29. The van der Waals surface area contributed by atoms with Gasteiger partial charge in [0.05, 0.1) is 5.41 Å². The van der Waals surface area contributed by atoms with Gasteiger partial charge in [0.25, 0.3) is 0 Å². The Bertz CT molecular complexity index is 362. The van der Waals surface area contributed by atoms with Crippen molar-refractivity contribution in [2.45, 2.75) is 58.8 Å². The Labute approximate surface area is 121 Å². The smallest absolute Gasteiger partial charge is 0.310 e. The topological polar surface area (TPSA) is 57.6 Å². The van der Waals surface area contributed by atoms with Crippen LogP contribution in [-0.2, 0) is 9.59 Å². The monoisotopic (exact) mass is 281 g/mol. The molecule has 1 amide bonds. The predicted octanol–water partition coefficient (Wildman–Crippen LogP) is 2.92. The fourth-order valence-electron chi connectivity index (χ4n) is 3.61. The van der Waals surface area contributed by atoms with Crippen LogP contribution in [0.25, 0.3) is 0 Å². The third kappa shape index (κ3) is 3.15. The third-order valence-electron chi connectivity index (χ3n) is 5.34. The van der Waals surface area contributed by atoms with Crippen LogP contribution in [0.5, 0.6) is 0 Å². The Morgan fingerprint density at radius 1 is 1.05 bits per heavy atom. The van der Waals surface area contributed by atoms with Crippen LogP contribution in [0, 0.1) is 17.3 Å². The first kappa shape index (κ1) is 15.3. The second-order valence-electron chi connectivity index (χ2n) is 6.93. The van der Waals surface area contributed by atoms with Gasteiger partial charge >= 0.3 is 5.97 Å². The summed E-state index contributed by atoms with van der Waals surface area (Å²) >= 11 is 0. The molecule has 1 aliphatic carbocycles. The van der Waals surface area contributed by atoms with Crippen molar-refractivity contribution < 1.29 is 14.7 Å². The molecule has 0 aromatic carbocycles. The summed E-state index contributed by atoms with van der Waals surface area (Å²) in [4.78, 5) is 26.1. The minimum absolute atomic E-state index is 0.0468. The minimum Gasteiger partial charge on any atom is -0.481 e. The maximum absolute atomic E-state index is 12.5. The second kappa shape index (κ2) is 6.15. The SMILES string of the molecule is CC1CN(C(=O)CC2(C(=O)O)CCCCCC2)CC1C. The summed E-state index contributed by atoms with van der Waals surface area (Å²) in [6, 6.07) is 0. The van der Waals surface area contributed by atoms with Crippen LogP contribution >= 0.6 is 0 Å². The van der Waals surface area contributed by atoms with Crippen LogP contribution in [0.4, 0.5) is 0 Å². The zero-order chi connectivity index (χ0) is 14.8. The molecule has 1 N–H and O–H groups in total. The predicted molar refractivity (Wildman–Crippen MR) is 77.3 cm³/mol. The van der Waals surface area contributed by atoms with Crippen molar-refractivity contribution in [1.82, 2.24) is 4.90 Å². The van der Waals surface area contributed by atoms with Crippen LogP contribution < -0.4 is 0 Å². The van der Waals surface area contributed by atoms with Crippen molar-refractivity contribution in [3.63, 3.8) is 0 Å². The zero-order valence-corrected chi connectivity index (χ0v) is 12.7. The van der Waals surface area contributed by atoms with Crippen molar-refractivity contribution in [3.8, 4) is 0 Å². The highest BCUT2D eigenvalue weighted by molar-refractivity contribution is 5.85. The summed E-state index contributed by atoms with van der Waals surface area (Å²) in [5, 5.41) is 9.64. The largest absolute Gasteiger partial charge is 0.481 e. The number of aliphatic carboxylic acids is 1. The van der Waals surface area contributed by atoms with Crippen molar-refractivity contribution in [3.05, 3.63) is 0 Å². The summed E-state index contributed by atoms with van der Waals surface area (Å²) in [6.07, 6.45) is 5.59. The van der Waals surface area contributed by atoms with Crippen molar-refractivity contribution in [2.75, 3.05) is 13.1 Å². The summed E-state index contributed by atoms with van der Waals surface area (Å²) in [6.45, 7) is 5.90. The number of carbonyl (C=O) groups is 2. The van der Waals surface area contributed by atoms with Gasteiger partial charge in [-0.25, -0.2) is 0 Å². The molecule has 2 fully saturated rings. The normalized spacial score (nSPS) is 30.0. The number of likely N-dealkylation sites (tertiary alicyclic amines) is 1. The number of hydrogen-bond acceptors (Lipinski definition) is 2. The highest BCUT2D eigenvalue weighted by Crippen LogP contribution is 2.39. The number of nitrogens with zero attached hydrogens (tertiary/aromatic N) is 1. The molecule has 0 aromatic rings. The molecular weight excluding hydrogens is 254 g/mol. The Kier molecular flexibility index (Phi) is 4.71. The molecule has 1 saturated carbocycles. The van der Waals surface area contributed by atoms with Gasteiger partial charge in [0.15, 0.2) is 0 Å². The molecule has 0 radical (unpaired) electrons. The van der Waals surface area contributed by atoms with Crippen LogP contribution in [0.1, 0.15) is 58.8 Å². The van der Waals surface area contributed by atoms with E-state index in [2.05, 4.69) is 13.8 Å². The molecule has 20 heavy (non-hydrogen) atoms. The van der Waals surface area contributed by atoms with Gasteiger partial charge in [-0.05, 0) is 24.7 Å². The maximum atomic E-state index is 12.5. The van der Waals surface area contributed by atoms with Gasteiger partial charge in [-0.2, -0.15) is 0 Å². The summed E-state index contributed by atoms with van der Waals surface area (Å²) < 4.78 is 0. The van der Waals surface area contributed by atoms with Gasteiger partial charge in [-0.1, -0.05) is 39.5 Å². The zero-order valence-electron chi connectivity index (χ0n) is 12.7. The highest BCUT2D eigenvalue weighted by atomic mass is 16.4. The third-order valence-corrected chi connectivity index (χ3v) is 5.34. The van der Waals surface area contributed by atoms with Gasteiger partial charge in [-0.15, -0.1) is 0 Å². The number of carboxylic acid groups (broad SMARTS) is 1. The van der Waals surface area contributed by atoms with Gasteiger partial charge in [-0.3, -0.25) is 9.59 Å². The lowest BCUT2D eigenvalue weighted by atomic mass is 9.77. The molecule has 0 bridgehead atoms. The molecule has 1 heterocycles. The second-order valence-corrected chi connectivity index (χ2v) is 6.93. The van der Waals surface area contributed by atoms with E-state index in [-0.39, 0.29) is 12.3 Å². The number of amides is 1. The fourth-order valence-corrected chi connectivity index (χ4v) is 3.61. The molecule has 2 rings (SSSR count). The average molecular weight is 281 g/mol. The molecule has 0 aromatic heterocycles. The molecule has 4 nitrogen and oxygen atoms in total. The molecule has 1 saturated heterocycles. The number of hydrogen-bond donors (Lipinski definition) is 1. The van der Waals surface area contributed by atoms with Gasteiger partial charge < -0.3 is 10.0 Å². The van der Waals surface area contributed by atoms with Crippen molar-refractivity contribution in [1.29, 1.82) is 0 Å². The summed E-state index contributed by atoms with van der Waals surface area (Å²) in [7, 11) is 0. The van der Waals surface area contributed by atoms with E-state index in [0.29, 0.717) is 24.7 Å². The Balaban J connectivity index is 2.04. The van der Waals surface area contributed by atoms with E-state index in [1.54, 1.807) is 0 Å². The van der Waals surface area contributed by atoms with E-state index in [1.807, 2.05) is 4.90 Å². The Morgan fingerprint density at radius 2 is 1.55 bits per heavy atom. The van der Waals surface area contributed by atoms with Crippen LogP contribution in [-0.4, -0.2) is 35.0 Å². The fraction of sp³-hybridized carbons (Fsp3) is 0.875. The molecule has 114 valence electrons. The number of carbonyl (C=O) groups excluding carboxylic acids is 1. The Hall–Kier alpha value is -1.06. The molecule has 2 atom stereocenters. The van der Waals surface area contributed by atoms with Crippen LogP contribution in [0.2, 0.25) is 0 Å². The first-order valence-corrected chi connectivity index (χ1v) is 7.96. The lowest BCUT2D eigenvalue weighted by molar-refractivity contribution is -0.154. The molecule has 4 heteroatoms. The van der Waals surface area contributed by atoms with E-state index in [9.17, 15) is 14.7 Å². The quantitative estimate of drug-likeness (QED) is 0.809. The van der Waals surface area contributed by atoms with Gasteiger partial charge in [0, 0.05) is 19.5 Å². The van der Waals surface area contributed by atoms with E-state index >= 15 is 0 Å². The summed E-state index contributed by atoms with van der Waals surface area (Å²) in [5.41, 5.74) is -0.803. The van der Waals surface area contributed by atoms with E-state index in [0.717, 1.165) is 38.8 Å². The molecule has 2 aliphatic rings. The average Bonchev–Trinajstić information content (AvgIpc) is 2.62. The van der Waals surface area contributed by atoms with Crippen LogP contribution in [0.3, 0.4) is 0 Å². The summed E-state index contributed by atoms with van der Waals surface area (Å²) in [5.74, 6) is 0.321. The van der Waals surface area contributed by atoms with Crippen molar-refractivity contribution >= 4 is 11.9 Å². The number of rotatable bonds is 3. The van der Waals surface area contributed by atoms with Crippen LogP contribution in [0.15, 0.2) is 0 Å². The minimum atomic E-state index is -0.803. The first-order chi connectivity index (χ1) is 9.44. The molecular formula is C16H27NO3. The van der Waals surface area contributed by atoms with E-state index in [4.69, 9.17) is 0 Å². The van der Waals surface area contributed by atoms with E-state index < -0.39 is 11.4 Å². The first-order valence-electron chi connectivity index (χ1n) is 7.96. The number of carboxylic acids is 1. The van der Waals surface area contributed by atoms with Gasteiger partial charge in [0.2, 0.25) is 5.91 Å². The highest BCUT2D eigenvalue weighted by Gasteiger charge is 2.42. The van der Waals surface area contributed by atoms with E-state index in [1.165, 1.54) is 0 Å². The standard InChI is InChI=1S/C16H27NO3/c1-12-10-17(11-13(12)2)14(18)9-16(15(19)20)7-5-3-4-6-8-16/h12-13H,3-11H2,1-2H3,(H,19,20). The van der Waals surface area contributed by atoms with Crippen molar-refractivity contribution in [2.24, 2.45) is 17.3 Å². The molecule has 2 unspecified atom stereocenters. The molecule has 0 spiro atoms. The van der Waals surface area contributed by atoms with Gasteiger partial charge in [0.1, 0.15) is 0 Å². The maximum Gasteiger partial charge on any atom is 0.310 e. The Morgan fingerprint density at radius 3 is 2.00 bits per heavy atom.